The highest BCUT2D eigenvalue weighted by atomic mass is 35.5. The second kappa shape index (κ2) is 8.03. The zero-order valence-corrected chi connectivity index (χ0v) is 18.4. The van der Waals surface area contributed by atoms with Crippen molar-refractivity contribution in [2.75, 3.05) is 36.8 Å². The third kappa shape index (κ3) is 4.69. The summed E-state index contributed by atoms with van der Waals surface area (Å²) in [6.45, 7) is 0. The van der Waals surface area contributed by atoms with Crippen molar-refractivity contribution in [3.8, 4) is 11.8 Å². The van der Waals surface area contributed by atoms with E-state index in [0.29, 0.717) is 4.31 Å². The van der Waals surface area contributed by atoms with Gasteiger partial charge < -0.3 is 15.2 Å². The third-order valence-corrected chi connectivity index (χ3v) is 6.40. The molecule has 1 atom stereocenters. The van der Waals surface area contributed by atoms with Gasteiger partial charge in [-0.1, -0.05) is 23.2 Å². The fraction of sp³-hybridized carbons (Fsp3) is 0.429. The zero-order chi connectivity index (χ0) is 21.4. The van der Waals surface area contributed by atoms with Gasteiger partial charge in [-0.3, -0.25) is 0 Å². The Morgan fingerprint density at radius 1 is 1.11 bits per heavy atom. The first-order valence-electron chi connectivity index (χ1n) is 7.50. The number of hydrogen-bond acceptors (Lipinski definition) is 9. The van der Waals surface area contributed by atoms with E-state index in [0.717, 1.165) is 12.5 Å². The molecule has 1 aromatic heterocycles. The first-order valence-corrected chi connectivity index (χ1v) is 12.2. The van der Waals surface area contributed by atoms with Gasteiger partial charge in [-0.05, 0) is 6.07 Å². The van der Waals surface area contributed by atoms with E-state index in [1.54, 1.807) is 0 Å². The molecule has 0 saturated carbocycles. The maximum atomic E-state index is 12.5. The SMILES string of the molecule is COc1nc2cc(Cl)c(Cl)c(N(C(N)CS(C)(=O)=O)S(C)(=O)=O)c2nc1OC. The van der Waals surface area contributed by atoms with Crippen molar-refractivity contribution in [1.29, 1.82) is 0 Å². The monoisotopic (exact) mass is 472 g/mol. The summed E-state index contributed by atoms with van der Waals surface area (Å²) in [6, 6.07) is 1.36. The first-order chi connectivity index (χ1) is 12.8. The second-order valence-corrected chi connectivity index (χ2v) is 10.7. The number of sulfone groups is 1. The number of rotatable bonds is 7. The lowest BCUT2D eigenvalue weighted by Gasteiger charge is -2.30. The van der Waals surface area contributed by atoms with Crippen LogP contribution in [0.15, 0.2) is 6.07 Å². The molecule has 1 aromatic carbocycles. The molecular weight excluding hydrogens is 455 g/mol. The largest absolute Gasteiger partial charge is 0.477 e. The molecule has 0 aliphatic rings. The zero-order valence-electron chi connectivity index (χ0n) is 15.3. The van der Waals surface area contributed by atoms with Gasteiger partial charge in [0.15, 0.2) is 9.84 Å². The Hall–Kier alpha value is -1.60. The van der Waals surface area contributed by atoms with Crippen LogP contribution < -0.4 is 19.5 Å². The number of nitrogens with two attached hydrogens (primary N) is 1. The topological polar surface area (TPSA) is 142 Å². The van der Waals surface area contributed by atoms with Crippen molar-refractivity contribution in [3.63, 3.8) is 0 Å². The molecule has 28 heavy (non-hydrogen) atoms. The van der Waals surface area contributed by atoms with Crippen molar-refractivity contribution >= 4 is 59.8 Å². The van der Waals surface area contributed by atoms with Gasteiger partial charge in [0.1, 0.15) is 17.4 Å². The molecular formula is C14H18Cl2N4O6S2. The number of halogens is 2. The van der Waals surface area contributed by atoms with Gasteiger partial charge in [0.2, 0.25) is 10.0 Å². The molecule has 0 amide bonds. The summed E-state index contributed by atoms with van der Waals surface area (Å²) in [5.74, 6) is -0.670. The van der Waals surface area contributed by atoms with Crippen LogP contribution >= 0.6 is 23.2 Å². The van der Waals surface area contributed by atoms with E-state index in [9.17, 15) is 16.8 Å². The molecule has 1 heterocycles. The number of hydrogen-bond donors (Lipinski definition) is 1. The molecule has 10 nitrogen and oxygen atoms in total. The molecule has 0 radical (unpaired) electrons. The summed E-state index contributed by atoms with van der Waals surface area (Å²) in [5, 5.41) is -0.226. The Morgan fingerprint density at radius 2 is 1.64 bits per heavy atom. The molecule has 0 fully saturated rings. The average Bonchev–Trinajstić information content (AvgIpc) is 2.54. The van der Waals surface area contributed by atoms with Crippen molar-refractivity contribution in [2.24, 2.45) is 5.73 Å². The number of fused-ring (bicyclic) bond motifs is 1. The Bertz CT molecular complexity index is 1120. The van der Waals surface area contributed by atoms with Gasteiger partial charge in [0.25, 0.3) is 11.8 Å². The minimum Gasteiger partial charge on any atom is -0.477 e. The van der Waals surface area contributed by atoms with Crippen LogP contribution in [0.4, 0.5) is 5.69 Å². The fourth-order valence-corrected chi connectivity index (χ4v) is 4.93. The summed E-state index contributed by atoms with van der Waals surface area (Å²) < 4.78 is 59.2. The average molecular weight is 473 g/mol. The first kappa shape index (κ1) is 22.7. The Labute approximate surface area is 172 Å². The van der Waals surface area contributed by atoms with Crippen molar-refractivity contribution in [1.82, 2.24) is 9.97 Å². The molecule has 0 aliphatic heterocycles. The number of benzene rings is 1. The molecule has 2 N–H and O–H groups in total. The minimum absolute atomic E-state index is 0.0126. The van der Waals surface area contributed by atoms with Crippen LogP contribution in [-0.2, 0) is 19.9 Å². The predicted molar refractivity (Wildman–Crippen MR) is 108 cm³/mol. The summed E-state index contributed by atoms with van der Waals surface area (Å²) >= 11 is 12.4. The van der Waals surface area contributed by atoms with E-state index < -0.39 is 31.8 Å². The summed E-state index contributed by atoms with van der Waals surface area (Å²) in [4.78, 5) is 8.41. The number of aromatic nitrogens is 2. The molecule has 156 valence electrons. The molecule has 0 saturated heterocycles. The Balaban J connectivity index is 2.92. The van der Waals surface area contributed by atoms with E-state index >= 15 is 0 Å². The van der Waals surface area contributed by atoms with E-state index in [1.807, 2.05) is 0 Å². The number of methoxy groups -OCH3 is 2. The van der Waals surface area contributed by atoms with Crippen LogP contribution in [0.3, 0.4) is 0 Å². The van der Waals surface area contributed by atoms with Crippen molar-refractivity contribution in [3.05, 3.63) is 16.1 Å². The normalized spacial score (nSPS) is 13.4. The molecule has 0 spiro atoms. The van der Waals surface area contributed by atoms with Crippen LogP contribution in [0.25, 0.3) is 11.0 Å². The summed E-state index contributed by atoms with van der Waals surface area (Å²) in [6.07, 6.45) is 0.296. The van der Waals surface area contributed by atoms with E-state index in [1.165, 1.54) is 20.3 Å². The smallest absolute Gasteiger partial charge is 0.278 e. The molecule has 1 unspecified atom stereocenters. The molecule has 0 aliphatic carbocycles. The molecule has 2 aromatic rings. The highest BCUT2D eigenvalue weighted by Crippen LogP contribution is 2.41. The van der Waals surface area contributed by atoms with Crippen LogP contribution in [0, 0.1) is 0 Å². The van der Waals surface area contributed by atoms with Crippen LogP contribution in [0.1, 0.15) is 0 Å². The lowest BCUT2D eigenvalue weighted by Crippen LogP contribution is -2.49. The second-order valence-electron chi connectivity index (χ2n) is 5.85. The van der Waals surface area contributed by atoms with Gasteiger partial charge in [-0.15, -0.1) is 0 Å². The Morgan fingerprint density at radius 3 is 2.11 bits per heavy atom. The third-order valence-electron chi connectivity index (χ3n) is 3.51. The van der Waals surface area contributed by atoms with E-state index in [4.69, 9.17) is 38.4 Å². The van der Waals surface area contributed by atoms with Crippen LogP contribution in [-0.4, -0.2) is 65.5 Å². The van der Waals surface area contributed by atoms with Gasteiger partial charge in [0, 0.05) is 6.26 Å². The summed E-state index contributed by atoms with van der Waals surface area (Å²) in [5.41, 5.74) is 5.84. The van der Waals surface area contributed by atoms with Crippen molar-refractivity contribution < 1.29 is 26.3 Å². The van der Waals surface area contributed by atoms with Crippen LogP contribution in [0.5, 0.6) is 11.8 Å². The maximum absolute atomic E-state index is 12.5. The maximum Gasteiger partial charge on any atom is 0.278 e. The summed E-state index contributed by atoms with van der Waals surface area (Å²) in [7, 11) is -5.05. The van der Waals surface area contributed by atoms with E-state index in [2.05, 4.69) is 9.97 Å². The predicted octanol–water partition coefficient (Wildman–Crippen LogP) is 1.05. The standard InChI is InChI=1S/C14H18Cl2N4O6S2/c1-25-13-14(26-2)19-11-8(18-13)5-7(15)10(16)12(11)20(28(4,23)24)9(17)6-27(3,21)22/h5,9H,6,17H2,1-4H3. The van der Waals surface area contributed by atoms with Gasteiger partial charge in [0.05, 0.1) is 41.8 Å². The Kier molecular flexibility index (Phi) is 6.50. The number of sulfonamides is 1. The lowest BCUT2D eigenvalue weighted by atomic mass is 10.2. The number of anilines is 1. The lowest BCUT2D eigenvalue weighted by molar-refractivity contribution is 0.334. The fourth-order valence-electron chi connectivity index (χ4n) is 2.51. The van der Waals surface area contributed by atoms with Crippen LogP contribution in [0.2, 0.25) is 10.0 Å². The molecule has 14 heteroatoms. The van der Waals surface area contributed by atoms with Crippen molar-refractivity contribution in [2.45, 2.75) is 6.17 Å². The minimum atomic E-state index is -4.09. The van der Waals surface area contributed by atoms with Gasteiger partial charge >= 0.3 is 0 Å². The molecule has 2 rings (SSSR count). The number of ether oxygens (including phenoxy) is 2. The highest BCUT2D eigenvalue weighted by molar-refractivity contribution is 7.92. The quantitative estimate of drug-likeness (QED) is 0.584. The molecule has 0 bridgehead atoms. The van der Waals surface area contributed by atoms with E-state index in [-0.39, 0.29) is 38.5 Å². The van der Waals surface area contributed by atoms with Gasteiger partial charge in [-0.25, -0.2) is 31.1 Å². The van der Waals surface area contributed by atoms with Gasteiger partial charge in [-0.2, -0.15) is 0 Å². The highest BCUT2D eigenvalue weighted by Gasteiger charge is 2.32. The number of nitrogens with zero attached hydrogens (tertiary/aromatic N) is 3.